The van der Waals surface area contributed by atoms with Crippen LogP contribution in [-0.2, 0) is 9.53 Å². The number of nitrogens with zero attached hydrogens (tertiary/aromatic N) is 1. The van der Waals surface area contributed by atoms with Gasteiger partial charge in [0.1, 0.15) is 0 Å². The molecule has 2 amide bonds. The molecule has 0 spiro atoms. The number of ether oxygens (including phenoxy) is 1. The number of fused-ring (bicyclic) bond motifs is 2. The van der Waals surface area contributed by atoms with E-state index >= 15 is 0 Å². The van der Waals surface area contributed by atoms with Gasteiger partial charge in [-0.3, -0.25) is 9.59 Å². The lowest BCUT2D eigenvalue weighted by Gasteiger charge is -2.33. The maximum atomic E-state index is 12.9. The van der Waals surface area contributed by atoms with Crippen LogP contribution < -0.4 is 15.5 Å². The van der Waals surface area contributed by atoms with Gasteiger partial charge in [0.05, 0.1) is 24.7 Å². The molecule has 3 fully saturated rings. The molecule has 3 aliphatic rings. The number of carbonyl (C=O) groups is 2. The third kappa shape index (κ3) is 3.60. The molecule has 2 bridgehead atoms. The molecule has 1 aromatic carbocycles. The molecular weight excluding hydrogens is 378 g/mol. The number of halogens is 1. The molecule has 0 saturated carbocycles. The van der Waals surface area contributed by atoms with Gasteiger partial charge in [0.15, 0.2) is 0 Å². The van der Waals surface area contributed by atoms with Crippen LogP contribution in [0.4, 0.5) is 5.69 Å². The number of hydrogen-bond acceptors (Lipinski definition) is 4. The summed E-state index contributed by atoms with van der Waals surface area (Å²) in [4.78, 5) is 27.5. The summed E-state index contributed by atoms with van der Waals surface area (Å²) < 4.78 is 5.69. The van der Waals surface area contributed by atoms with Crippen molar-refractivity contribution in [2.45, 2.75) is 51.8 Å². The smallest absolute Gasteiger partial charge is 0.251 e. The number of hydrogen-bond donors (Lipinski definition) is 2. The first-order chi connectivity index (χ1) is 13.3. The largest absolute Gasteiger partial charge is 0.374 e. The molecule has 1 aromatic rings. The third-order valence-electron chi connectivity index (χ3n) is 6.42. The fraction of sp³-hybridized carbons (Fsp3) is 0.619. The highest BCUT2D eigenvalue weighted by Crippen LogP contribution is 2.37. The minimum atomic E-state index is -0.203. The van der Waals surface area contributed by atoms with E-state index in [0.29, 0.717) is 23.2 Å². The van der Waals surface area contributed by atoms with Crippen LogP contribution in [0, 0.1) is 18.8 Å². The van der Waals surface area contributed by atoms with E-state index in [1.807, 2.05) is 19.9 Å². The molecule has 28 heavy (non-hydrogen) atoms. The second-order valence-corrected chi connectivity index (χ2v) is 8.97. The van der Waals surface area contributed by atoms with Crippen LogP contribution in [0.5, 0.6) is 0 Å². The standard InChI is InChI=1S/C21H28ClN3O3/c1-11-4-12(2)24-21(27)18(11)8-23-20(26)17-5-14(22)6-19(13(17)3)25-9-16-7-15(25)10-28-16/h5-6,11-12,15-16,18H,4,7-10H2,1-3H3,(H,23,26)(H,24,27). The van der Waals surface area contributed by atoms with E-state index in [0.717, 1.165) is 37.2 Å². The summed E-state index contributed by atoms with van der Waals surface area (Å²) in [6.45, 7) is 7.94. The van der Waals surface area contributed by atoms with Crippen LogP contribution >= 0.6 is 11.6 Å². The molecule has 0 aliphatic carbocycles. The SMILES string of the molecule is Cc1c(C(=O)NCC2C(=O)NC(C)CC2C)cc(Cl)cc1N1CC2CC1CO2. The van der Waals surface area contributed by atoms with Crippen molar-refractivity contribution in [1.82, 2.24) is 10.6 Å². The van der Waals surface area contributed by atoms with Gasteiger partial charge in [-0.05, 0) is 50.3 Å². The Hall–Kier alpha value is -1.79. The number of piperidine rings is 1. The molecule has 0 radical (unpaired) electrons. The number of morpholine rings is 1. The van der Waals surface area contributed by atoms with Gasteiger partial charge < -0.3 is 20.3 Å². The fourth-order valence-corrected chi connectivity index (χ4v) is 5.09. The molecule has 3 aliphatic heterocycles. The van der Waals surface area contributed by atoms with Crippen molar-refractivity contribution >= 4 is 29.1 Å². The summed E-state index contributed by atoms with van der Waals surface area (Å²) in [7, 11) is 0. The molecule has 0 aromatic heterocycles. The lowest BCUT2D eigenvalue weighted by atomic mass is 9.84. The average Bonchev–Trinajstić information content (AvgIpc) is 3.25. The number of benzene rings is 1. The molecule has 3 heterocycles. The van der Waals surface area contributed by atoms with Gasteiger partial charge >= 0.3 is 0 Å². The zero-order chi connectivity index (χ0) is 20.0. The number of carbonyl (C=O) groups excluding carboxylic acids is 2. The van der Waals surface area contributed by atoms with Crippen molar-refractivity contribution in [2.24, 2.45) is 11.8 Å². The molecular formula is C21H28ClN3O3. The minimum absolute atomic E-state index is 0.0168. The van der Waals surface area contributed by atoms with Gasteiger partial charge in [0.25, 0.3) is 5.91 Å². The maximum absolute atomic E-state index is 12.9. The van der Waals surface area contributed by atoms with Gasteiger partial charge in [-0.2, -0.15) is 0 Å². The number of amides is 2. The summed E-state index contributed by atoms with van der Waals surface area (Å²) in [5, 5.41) is 6.49. The molecule has 2 N–H and O–H groups in total. The number of rotatable bonds is 4. The van der Waals surface area contributed by atoms with E-state index in [2.05, 4.69) is 22.5 Å². The monoisotopic (exact) mass is 405 g/mol. The van der Waals surface area contributed by atoms with Crippen LogP contribution in [0.1, 0.15) is 42.6 Å². The normalized spacial score (nSPS) is 31.8. The predicted octanol–water partition coefficient (Wildman–Crippen LogP) is 2.52. The fourth-order valence-electron chi connectivity index (χ4n) is 4.87. The van der Waals surface area contributed by atoms with Gasteiger partial charge in [-0.1, -0.05) is 18.5 Å². The highest BCUT2D eigenvalue weighted by atomic mass is 35.5. The maximum Gasteiger partial charge on any atom is 0.251 e. The molecule has 3 saturated heterocycles. The highest BCUT2D eigenvalue weighted by Gasteiger charge is 2.40. The van der Waals surface area contributed by atoms with Gasteiger partial charge in [-0.15, -0.1) is 0 Å². The second-order valence-electron chi connectivity index (χ2n) is 8.53. The molecule has 152 valence electrons. The Balaban J connectivity index is 1.49. The Morgan fingerprint density at radius 1 is 1.36 bits per heavy atom. The van der Waals surface area contributed by atoms with E-state index in [1.165, 1.54) is 0 Å². The van der Waals surface area contributed by atoms with Gasteiger partial charge in [0.2, 0.25) is 5.91 Å². The molecule has 6 nitrogen and oxygen atoms in total. The number of nitrogens with one attached hydrogen (secondary N) is 2. The van der Waals surface area contributed by atoms with Crippen LogP contribution in [0.25, 0.3) is 0 Å². The Morgan fingerprint density at radius 2 is 2.14 bits per heavy atom. The Bertz CT molecular complexity index is 799. The van der Waals surface area contributed by atoms with Crippen molar-refractivity contribution in [2.75, 3.05) is 24.6 Å². The summed E-state index contributed by atoms with van der Waals surface area (Å²) in [5.41, 5.74) is 2.50. The van der Waals surface area contributed by atoms with Crippen molar-refractivity contribution in [3.63, 3.8) is 0 Å². The van der Waals surface area contributed by atoms with E-state index in [-0.39, 0.29) is 35.8 Å². The van der Waals surface area contributed by atoms with Crippen molar-refractivity contribution in [3.05, 3.63) is 28.3 Å². The Kier molecular flexibility index (Phi) is 5.27. The second kappa shape index (κ2) is 7.56. The molecule has 5 atom stereocenters. The first-order valence-corrected chi connectivity index (χ1v) is 10.5. The van der Waals surface area contributed by atoms with Crippen molar-refractivity contribution in [1.29, 1.82) is 0 Å². The van der Waals surface area contributed by atoms with E-state index in [1.54, 1.807) is 6.07 Å². The first-order valence-electron chi connectivity index (χ1n) is 10.1. The van der Waals surface area contributed by atoms with E-state index in [9.17, 15) is 9.59 Å². The zero-order valence-electron chi connectivity index (χ0n) is 16.6. The number of anilines is 1. The summed E-state index contributed by atoms with van der Waals surface area (Å²) in [6, 6.07) is 4.19. The molecule has 7 heteroatoms. The minimum Gasteiger partial charge on any atom is -0.374 e. The van der Waals surface area contributed by atoms with Crippen LogP contribution in [0.3, 0.4) is 0 Å². The Morgan fingerprint density at radius 3 is 2.79 bits per heavy atom. The molecule has 4 rings (SSSR count). The summed E-state index contributed by atoms with van der Waals surface area (Å²) >= 11 is 6.36. The quantitative estimate of drug-likeness (QED) is 0.807. The summed E-state index contributed by atoms with van der Waals surface area (Å²) in [6.07, 6.45) is 2.22. The van der Waals surface area contributed by atoms with Gasteiger partial charge in [-0.25, -0.2) is 0 Å². The van der Waals surface area contributed by atoms with Crippen LogP contribution in [0.2, 0.25) is 5.02 Å². The topological polar surface area (TPSA) is 70.7 Å². The summed E-state index contributed by atoms with van der Waals surface area (Å²) in [5.74, 6) is -0.130. The third-order valence-corrected chi connectivity index (χ3v) is 6.64. The first kappa shape index (κ1) is 19.5. The zero-order valence-corrected chi connectivity index (χ0v) is 17.4. The van der Waals surface area contributed by atoms with E-state index < -0.39 is 0 Å². The van der Waals surface area contributed by atoms with Crippen molar-refractivity contribution in [3.8, 4) is 0 Å². The predicted molar refractivity (Wildman–Crippen MR) is 109 cm³/mol. The van der Waals surface area contributed by atoms with Crippen molar-refractivity contribution < 1.29 is 14.3 Å². The average molecular weight is 406 g/mol. The molecule has 5 unspecified atom stereocenters. The Labute approximate surface area is 170 Å². The van der Waals surface area contributed by atoms with Crippen LogP contribution in [-0.4, -0.2) is 49.7 Å². The van der Waals surface area contributed by atoms with Gasteiger partial charge in [0, 0.05) is 35.4 Å². The highest BCUT2D eigenvalue weighted by molar-refractivity contribution is 6.31. The lowest BCUT2D eigenvalue weighted by molar-refractivity contribution is -0.129. The lowest BCUT2D eigenvalue weighted by Crippen LogP contribution is -2.50. The van der Waals surface area contributed by atoms with Crippen LogP contribution in [0.15, 0.2) is 12.1 Å². The van der Waals surface area contributed by atoms with E-state index in [4.69, 9.17) is 16.3 Å².